The molecule has 0 saturated carbocycles. The summed E-state index contributed by atoms with van der Waals surface area (Å²) in [5, 5.41) is 0. The van der Waals surface area contributed by atoms with E-state index in [1.165, 1.54) is 27.1 Å². The van der Waals surface area contributed by atoms with Gasteiger partial charge in [0.15, 0.2) is 0 Å². The third-order valence-corrected chi connectivity index (χ3v) is 6.17. The van der Waals surface area contributed by atoms with Crippen molar-refractivity contribution in [3.63, 3.8) is 0 Å². The van der Waals surface area contributed by atoms with Crippen molar-refractivity contribution in [1.82, 2.24) is 14.5 Å². The highest BCUT2D eigenvalue weighted by Crippen LogP contribution is 2.30. The molecule has 2 aromatic heterocycles. The molecule has 142 valence electrons. The van der Waals surface area contributed by atoms with Crippen molar-refractivity contribution in [3.05, 3.63) is 88.5 Å². The number of amides is 2. The largest absolute Gasteiger partial charge is 0.296 e. The van der Waals surface area contributed by atoms with E-state index in [4.69, 9.17) is 0 Å². The first-order valence-electron chi connectivity index (χ1n) is 9.13. The highest BCUT2D eigenvalue weighted by atomic mass is 32.1. The smallest absolute Gasteiger partial charge is 0.271 e. The van der Waals surface area contributed by atoms with Crippen LogP contribution in [0.4, 0.5) is 0 Å². The van der Waals surface area contributed by atoms with Crippen molar-refractivity contribution in [2.24, 2.45) is 0 Å². The summed E-state index contributed by atoms with van der Waals surface area (Å²) < 4.78 is 2.02. The Labute approximate surface area is 169 Å². The average molecular weight is 401 g/mol. The van der Waals surface area contributed by atoms with Crippen LogP contribution in [0.1, 0.15) is 20.7 Å². The van der Waals surface area contributed by atoms with Gasteiger partial charge in [0.05, 0.1) is 23.0 Å². The van der Waals surface area contributed by atoms with Crippen LogP contribution in [-0.2, 0) is 6.54 Å². The second kappa shape index (κ2) is 6.79. The molecule has 0 aliphatic carbocycles. The zero-order valence-electron chi connectivity index (χ0n) is 15.2. The molecular formula is C22H15N3O3S. The van der Waals surface area contributed by atoms with Gasteiger partial charge in [-0.15, -0.1) is 11.3 Å². The minimum atomic E-state index is -0.324. The van der Waals surface area contributed by atoms with Crippen molar-refractivity contribution in [2.45, 2.75) is 6.54 Å². The van der Waals surface area contributed by atoms with Crippen LogP contribution in [0.5, 0.6) is 0 Å². The zero-order chi connectivity index (χ0) is 20.0. The zero-order valence-corrected chi connectivity index (χ0v) is 16.1. The summed E-state index contributed by atoms with van der Waals surface area (Å²) in [5.41, 5.74) is 2.33. The van der Waals surface area contributed by atoms with Gasteiger partial charge in [-0.2, -0.15) is 0 Å². The second-order valence-corrected chi connectivity index (χ2v) is 7.79. The number of thiophene rings is 1. The first-order valence-corrected chi connectivity index (χ1v) is 9.95. The molecule has 0 unspecified atom stereocenters. The van der Waals surface area contributed by atoms with Crippen LogP contribution in [0.15, 0.2) is 71.8 Å². The Morgan fingerprint density at radius 1 is 0.828 bits per heavy atom. The molecule has 0 radical (unpaired) electrons. The number of carbonyl (C=O) groups is 2. The van der Waals surface area contributed by atoms with Gasteiger partial charge in [0.1, 0.15) is 4.70 Å². The number of nitrogens with zero attached hydrogens (tertiary/aromatic N) is 3. The molecule has 4 aromatic rings. The lowest BCUT2D eigenvalue weighted by molar-refractivity contribution is 0.0648. The van der Waals surface area contributed by atoms with E-state index in [2.05, 4.69) is 4.98 Å². The molecule has 6 nitrogen and oxygen atoms in total. The van der Waals surface area contributed by atoms with E-state index < -0.39 is 0 Å². The Hall–Kier alpha value is -3.58. The molecule has 2 aromatic carbocycles. The summed E-state index contributed by atoms with van der Waals surface area (Å²) in [7, 11) is 0. The summed E-state index contributed by atoms with van der Waals surface area (Å²) in [4.78, 5) is 44.4. The SMILES string of the molecule is O=C1c2ccccc2C(=O)N1CCn1cnc2cc(-c3ccccc3)sc2c1=O. The molecule has 0 N–H and O–H groups in total. The Kier molecular flexibility index (Phi) is 4.10. The van der Waals surface area contributed by atoms with Crippen molar-refractivity contribution in [1.29, 1.82) is 0 Å². The predicted molar refractivity (Wildman–Crippen MR) is 111 cm³/mol. The lowest BCUT2D eigenvalue weighted by atomic mass is 10.1. The lowest BCUT2D eigenvalue weighted by Gasteiger charge is -2.14. The molecule has 7 heteroatoms. The number of hydrogen-bond acceptors (Lipinski definition) is 5. The summed E-state index contributed by atoms with van der Waals surface area (Å²) in [6.45, 7) is 0.322. The van der Waals surface area contributed by atoms with E-state index in [-0.39, 0.29) is 30.5 Å². The third kappa shape index (κ3) is 2.87. The van der Waals surface area contributed by atoms with Gasteiger partial charge >= 0.3 is 0 Å². The van der Waals surface area contributed by atoms with Gasteiger partial charge < -0.3 is 0 Å². The third-order valence-electron chi connectivity index (χ3n) is 5.00. The summed E-state index contributed by atoms with van der Waals surface area (Å²) in [6, 6.07) is 18.5. The first kappa shape index (κ1) is 17.5. The normalized spacial score (nSPS) is 13.3. The quantitative estimate of drug-likeness (QED) is 0.491. The number of fused-ring (bicyclic) bond motifs is 2. The maximum Gasteiger partial charge on any atom is 0.271 e. The maximum atomic E-state index is 12.9. The number of hydrogen-bond donors (Lipinski definition) is 0. The van der Waals surface area contributed by atoms with Gasteiger partial charge in [0.25, 0.3) is 17.4 Å². The second-order valence-electron chi connectivity index (χ2n) is 6.74. The molecule has 29 heavy (non-hydrogen) atoms. The van der Waals surface area contributed by atoms with Gasteiger partial charge in [-0.1, -0.05) is 42.5 Å². The Morgan fingerprint density at radius 3 is 2.17 bits per heavy atom. The highest BCUT2D eigenvalue weighted by Gasteiger charge is 2.34. The standard InChI is InChI=1S/C22H15N3O3S/c26-20-15-8-4-5-9-16(15)21(27)25(20)11-10-24-13-23-17-12-18(29-19(17)22(24)28)14-6-2-1-3-7-14/h1-9,12-13H,10-11H2. The van der Waals surface area contributed by atoms with Gasteiger partial charge in [0.2, 0.25) is 0 Å². The van der Waals surface area contributed by atoms with E-state index >= 15 is 0 Å². The van der Waals surface area contributed by atoms with Crippen LogP contribution in [0.25, 0.3) is 20.7 Å². The fraction of sp³-hybridized carbons (Fsp3) is 0.0909. The van der Waals surface area contributed by atoms with Crippen molar-refractivity contribution in [3.8, 4) is 10.4 Å². The number of aromatic nitrogens is 2. The molecule has 0 fully saturated rings. The average Bonchev–Trinajstić information content (AvgIpc) is 3.30. The number of benzene rings is 2. The fourth-order valence-corrected chi connectivity index (χ4v) is 4.56. The van der Waals surface area contributed by atoms with Crippen LogP contribution in [-0.4, -0.2) is 32.8 Å². The van der Waals surface area contributed by atoms with Crippen LogP contribution >= 0.6 is 11.3 Å². The minimum absolute atomic E-state index is 0.121. The maximum absolute atomic E-state index is 12.9. The molecule has 0 spiro atoms. The minimum Gasteiger partial charge on any atom is -0.296 e. The van der Waals surface area contributed by atoms with E-state index in [0.29, 0.717) is 21.3 Å². The molecule has 0 saturated heterocycles. The van der Waals surface area contributed by atoms with E-state index in [1.807, 2.05) is 36.4 Å². The Bertz CT molecular complexity index is 1290. The van der Waals surface area contributed by atoms with E-state index in [0.717, 1.165) is 10.4 Å². The van der Waals surface area contributed by atoms with Gasteiger partial charge in [-0.3, -0.25) is 23.9 Å². The first-order chi connectivity index (χ1) is 14.1. The molecular weight excluding hydrogens is 386 g/mol. The molecule has 1 aliphatic heterocycles. The van der Waals surface area contributed by atoms with E-state index in [9.17, 15) is 14.4 Å². The topological polar surface area (TPSA) is 72.3 Å². The highest BCUT2D eigenvalue weighted by molar-refractivity contribution is 7.22. The number of carbonyl (C=O) groups excluding carboxylic acids is 2. The summed E-state index contributed by atoms with van der Waals surface area (Å²) in [5.74, 6) is -0.648. The van der Waals surface area contributed by atoms with Crippen LogP contribution in [0, 0.1) is 0 Å². The number of rotatable bonds is 4. The van der Waals surface area contributed by atoms with Crippen molar-refractivity contribution < 1.29 is 9.59 Å². The fourth-order valence-electron chi connectivity index (χ4n) is 3.50. The molecule has 1 aliphatic rings. The molecule has 3 heterocycles. The van der Waals surface area contributed by atoms with Gasteiger partial charge in [-0.05, 0) is 23.8 Å². The van der Waals surface area contributed by atoms with Crippen molar-refractivity contribution >= 4 is 33.4 Å². The Morgan fingerprint density at radius 2 is 1.48 bits per heavy atom. The molecule has 5 rings (SSSR count). The van der Waals surface area contributed by atoms with Crippen LogP contribution in [0.3, 0.4) is 0 Å². The van der Waals surface area contributed by atoms with Gasteiger partial charge in [-0.25, -0.2) is 4.98 Å². The lowest BCUT2D eigenvalue weighted by Crippen LogP contribution is -2.35. The van der Waals surface area contributed by atoms with Gasteiger partial charge in [0, 0.05) is 18.0 Å². The molecule has 0 atom stereocenters. The van der Waals surface area contributed by atoms with E-state index in [1.54, 1.807) is 24.3 Å². The monoisotopic (exact) mass is 401 g/mol. The summed E-state index contributed by atoms with van der Waals surface area (Å²) in [6.07, 6.45) is 1.48. The molecule has 2 amide bonds. The summed E-state index contributed by atoms with van der Waals surface area (Å²) >= 11 is 1.40. The molecule has 0 bridgehead atoms. The predicted octanol–water partition coefficient (Wildman–Crippen LogP) is 3.42. The van der Waals surface area contributed by atoms with Crippen LogP contribution < -0.4 is 5.56 Å². The Balaban J connectivity index is 1.42. The number of imide groups is 1. The van der Waals surface area contributed by atoms with Crippen molar-refractivity contribution in [2.75, 3.05) is 6.54 Å². The van der Waals surface area contributed by atoms with Crippen LogP contribution in [0.2, 0.25) is 0 Å².